The SMILES string of the molecule is COCC(C)NC(=O)c1cc(C)nc(N)c1. The van der Waals surface area contributed by atoms with Crippen LogP contribution < -0.4 is 11.1 Å². The van der Waals surface area contributed by atoms with Crippen molar-refractivity contribution in [2.75, 3.05) is 19.5 Å². The van der Waals surface area contributed by atoms with Gasteiger partial charge in [-0.2, -0.15) is 0 Å². The summed E-state index contributed by atoms with van der Waals surface area (Å²) in [6.45, 7) is 4.15. The van der Waals surface area contributed by atoms with E-state index in [1.54, 1.807) is 26.2 Å². The highest BCUT2D eigenvalue weighted by Gasteiger charge is 2.10. The number of methoxy groups -OCH3 is 1. The van der Waals surface area contributed by atoms with Crippen LogP contribution in [0.15, 0.2) is 12.1 Å². The first kappa shape index (κ1) is 12.4. The van der Waals surface area contributed by atoms with Gasteiger partial charge in [0.1, 0.15) is 5.82 Å². The Labute approximate surface area is 95.0 Å². The molecule has 0 aliphatic rings. The summed E-state index contributed by atoms with van der Waals surface area (Å²) in [7, 11) is 1.59. The molecule has 0 saturated heterocycles. The minimum absolute atomic E-state index is 0.0350. The third-order valence-corrected chi connectivity index (χ3v) is 2.03. The molecule has 0 bridgehead atoms. The van der Waals surface area contributed by atoms with Crippen molar-refractivity contribution >= 4 is 11.7 Å². The Kier molecular flexibility index (Phi) is 4.25. The summed E-state index contributed by atoms with van der Waals surface area (Å²) in [5.74, 6) is 0.186. The summed E-state index contributed by atoms with van der Waals surface area (Å²) in [5.41, 5.74) is 6.82. The number of amides is 1. The molecule has 5 heteroatoms. The number of carbonyl (C=O) groups excluding carboxylic acids is 1. The molecule has 0 saturated carbocycles. The number of ether oxygens (including phenoxy) is 1. The number of nitrogen functional groups attached to an aromatic ring is 1. The lowest BCUT2D eigenvalue weighted by molar-refractivity contribution is 0.0905. The Morgan fingerprint density at radius 1 is 1.62 bits per heavy atom. The fourth-order valence-corrected chi connectivity index (χ4v) is 1.42. The smallest absolute Gasteiger partial charge is 0.251 e. The number of aryl methyl sites for hydroxylation is 1. The molecule has 1 aromatic rings. The highest BCUT2D eigenvalue weighted by molar-refractivity contribution is 5.95. The average molecular weight is 223 g/mol. The number of nitrogens with one attached hydrogen (secondary N) is 1. The van der Waals surface area contributed by atoms with Crippen LogP contribution in [0.2, 0.25) is 0 Å². The predicted octanol–water partition coefficient (Wildman–Crippen LogP) is 0.737. The predicted molar refractivity (Wildman–Crippen MR) is 62.2 cm³/mol. The monoisotopic (exact) mass is 223 g/mol. The number of nitrogens with zero attached hydrogens (tertiary/aromatic N) is 1. The molecular formula is C11H17N3O2. The molecule has 1 rings (SSSR count). The molecule has 16 heavy (non-hydrogen) atoms. The van der Waals surface area contributed by atoms with Crippen LogP contribution >= 0.6 is 0 Å². The standard InChI is InChI=1S/C11H17N3O2/c1-7-4-9(5-10(12)13-7)11(15)14-8(2)6-16-3/h4-5,8H,6H2,1-3H3,(H2,12,13)(H,14,15). The van der Waals surface area contributed by atoms with Crippen LogP contribution in [0.4, 0.5) is 5.82 Å². The zero-order chi connectivity index (χ0) is 12.1. The summed E-state index contributed by atoms with van der Waals surface area (Å²) in [5, 5.41) is 2.80. The van der Waals surface area contributed by atoms with Crippen LogP contribution in [-0.2, 0) is 4.74 Å². The molecule has 1 atom stereocenters. The molecule has 88 valence electrons. The van der Waals surface area contributed by atoms with E-state index in [1.807, 2.05) is 6.92 Å². The van der Waals surface area contributed by atoms with Gasteiger partial charge >= 0.3 is 0 Å². The topological polar surface area (TPSA) is 77.2 Å². The third-order valence-electron chi connectivity index (χ3n) is 2.03. The second-order valence-corrected chi connectivity index (χ2v) is 3.75. The van der Waals surface area contributed by atoms with Gasteiger partial charge in [-0.25, -0.2) is 4.98 Å². The Morgan fingerprint density at radius 2 is 2.31 bits per heavy atom. The Balaban J connectivity index is 2.72. The van der Waals surface area contributed by atoms with Gasteiger partial charge in [-0.05, 0) is 26.0 Å². The van der Waals surface area contributed by atoms with E-state index < -0.39 is 0 Å². The van der Waals surface area contributed by atoms with Gasteiger partial charge in [-0.1, -0.05) is 0 Å². The Hall–Kier alpha value is -1.62. The number of carbonyl (C=O) groups is 1. The minimum atomic E-state index is -0.165. The number of rotatable bonds is 4. The molecule has 0 spiro atoms. The largest absolute Gasteiger partial charge is 0.384 e. The Morgan fingerprint density at radius 3 is 2.88 bits per heavy atom. The van der Waals surface area contributed by atoms with Crippen LogP contribution in [0, 0.1) is 6.92 Å². The van der Waals surface area contributed by atoms with E-state index in [9.17, 15) is 4.79 Å². The van der Waals surface area contributed by atoms with Crippen molar-refractivity contribution < 1.29 is 9.53 Å². The molecule has 5 nitrogen and oxygen atoms in total. The molecule has 0 radical (unpaired) electrons. The lowest BCUT2D eigenvalue weighted by atomic mass is 10.2. The van der Waals surface area contributed by atoms with Crippen molar-refractivity contribution in [2.45, 2.75) is 19.9 Å². The van der Waals surface area contributed by atoms with Gasteiger partial charge in [0.05, 0.1) is 6.61 Å². The van der Waals surface area contributed by atoms with Gasteiger partial charge in [0.2, 0.25) is 0 Å². The molecule has 1 heterocycles. The first-order valence-corrected chi connectivity index (χ1v) is 5.07. The van der Waals surface area contributed by atoms with Gasteiger partial charge in [-0.3, -0.25) is 4.79 Å². The first-order chi connectivity index (χ1) is 7.52. The van der Waals surface area contributed by atoms with Gasteiger partial charge in [0.15, 0.2) is 0 Å². The molecule has 1 amide bonds. The molecule has 0 fully saturated rings. The summed E-state index contributed by atoms with van der Waals surface area (Å²) in [6, 6.07) is 3.22. The normalized spacial score (nSPS) is 12.2. The average Bonchev–Trinajstić information content (AvgIpc) is 2.16. The van der Waals surface area contributed by atoms with Gasteiger partial charge in [0, 0.05) is 24.4 Å². The fourth-order valence-electron chi connectivity index (χ4n) is 1.42. The van der Waals surface area contributed by atoms with Crippen LogP contribution in [0.3, 0.4) is 0 Å². The number of anilines is 1. The maximum Gasteiger partial charge on any atom is 0.251 e. The van der Waals surface area contributed by atoms with Crippen LogP contribution in [0.1, 0.15) is 23.0 Å². The Bertz CT molecular complexity index is 359. The third kappa shape index (κ3) is 3.51. The molecule has 0 aliphatic heterocycles. The van der Waals surface area contributed by atoms with Crippen LogP contribution in [0.5, 0.6) is 0 Å². The van der Waals surface area contributed by atoms with E-state index in [1.165, 1.54) is 0 Å². The van der Waals surface area contributed by atoms with Gasteiger partial charge in [-0.15, -0.1) is 0 Å². The van der Waals surface area contributed by atoms with Crippen molar-refractivity contribution in [3.05, 3.63) is 23.4 Å². The summed E-state index contributed by atoms with van der Waals surface area (Å²) in [6.07, 6.45) is 0. The van der Waals surface area contributed by atoms with E-state index in [2.05, 4.69) is 10.3 Å². The maximum absolute atomic E-state index is 11.8. The van der Waals surface area contributed by atoms with Crippen LogP contribution in [0.25, 0.3) is 0 Å². The number of hydrogen-bond acceptors (Lipinski definition) is 4. The van der Waals surface area contributed by atoms with Gasteiger partial charge < -0.3 is 15.8 Å². The second kappa shape index (κ2) is 5.46. The number of hydrogen-bond donors (Lipinski definition) is 2. The number of aromatic nitrogens is 1. The van der Waals surface area contributed by atoms with E-state index in [0.29, 0.717) is 18.0 Å². The lowest BCUT2D eigenvalue weighted by Gasteiger charge is -2.13. The van der Waals surface area contributed by atoms with E-state index >= 15 is 0 Å². The van der Waals surface area contributed by atoms with Crippen molar-refractivity contribution in [1.82, 2.24) is 10.3 Å². The van der Waals surface area contributed by atoms with Crippen LogP contribution in [-0.4, -0.2) is 30.6 Å². The zero-order valence-electron chi connectivity index (χ0n) is 9.78. The quantitative estimate of drug-likeness (QED) is 0.789. The van der Waals surface area contributed by atoms with Crippen molar-refractivity contribution in [3.63, 3.8) is 0 Å². The minimum Gasteiger partial charge on any atom is -0.384 e. The molecule has 0 aliphatic carbocycles. The zero-order valence-corrected chi connectivity index (χ0v) is 9.78. The molecule has 1 unspecified atom stereocenters. The number of nitrogens with two attached hydrogens (primary N) is 1. The summed E-state index contributed by atoms with van der Waals surface area (Å²) >= 11 is 0. The number of pyridine rings is 1. The lowest BCUT2D eigenvalue weighted by Crippen LogP contribution is -2.35. The second-order valence-electron chi connectivity index (χ2n) is 3.75. The highest BCUT2D eigenvalue weighted by Crippen LogP contribution is 2.07. The maximum atomic E-state index is 11.8. The first-order valence-electron chi connectivity index (χ1n) is 5.07. The molecule has 0 aromatic carbocycles. The molecule has 1 aromatic heterocycles. The van der Waals surface area contributed by atoms with Crippen molar-refractivity contribution in [3.8, 4) is 0 Å². The fraction of sp³-hybridized carbons (Fsp3) is 0.455. The summed E-state index contributed by atoms with van der Waals surface area (Å²) < 4.78 is 4.94. The van der Waals surface area contributed by atoms with E-state index in [-0.39, 0.29) is 11.9 Å². The van der Waals surface area contributed by atoms with E-state index in [0.717, 1.165) is 5.69 Å². The van der Waals surface area contributed by atoms with Crippen molar-refractivity contribution in [2.24, 2.45) is 0 Å². The highest BCUT2D eigenvalue weighted by atomic mass is 16.5. The van der Waals surface area contributed by atoms with E-state index in [4.69, 9.17) is 10.5 Å². The molecular weight excluding hydrogens is 206 g/mol. The molecule has 3 N–H and O–H groups in total. The summed E-state index contributed by atoms with van der Waals surface area (Å²) in [4.78, 5) is 15.8. The van der Waals surface area contributed by atoms with Crippen molar-refractivity contribution in [1.29, 1.82) is 0 Å². The van der Waals surface area contributed by atoms with Gasteiger partial charge in [0.25, 0.3) is 5.91 Å².